The first-order chi connectivity index (χ1) is 6.18. The van der Waals surface area contributed by atoms with Crippen LogP contribution < -0.4 is 0 Å². The number of rotatable bonds is 1. The second-order valence-electron chi connectivity index (χ2n) is 3.01. The van der Waals surface area contributed by atoms with Gasteiger partial charge in [-0.1, -0.05) is 15.9 Å². The third-order valence-corrected chi connectivity index (χ3v) is 2.51. The molecule has 0 fully saturated rings. The molecule has 2 nitrogen and oxygen atoms in total. The molecule has 1 atom stereocenters. The van der Waals surface area contributed by atoms with E-state index in [1.54, 1.807) is 13.2 Å². The van der Waals surface area contributed by atoms with Crippen LogP contribution in [0.4, 0.5) is 0 Å². The number of aliphatic hydroxyl groups is 1. The molecule has 68 valence electrons. The molecule has 0 aliphatic carbocycles. The van der Waals surface area contributed by atoms with Gasteiger partial charge >= 0.3 is 0 Å². The minimum absolute atomic E-state index is 0.484. The maximum atomic E-state index is 9.41. The average Bonchev–Trinajstić information content (AvgIpc) is 2.46. The van der Waals surface area contributed by atoms with Crippen LogP contribution in [0.2, 0.25) is 0 Å². The Bertz CT molecular complexity index is 431. The number of hydrogen-bond donors (Lipinski definition) is 1. The molecule has 2 rings (SSSR count). The van der Waals surface area contributed by atoms with Crippen LogP contribution >= 0.6 is 15.9 Å². The summed E-state index contributed by atoms with van der Waals surface area (Å²) in [5.74, 6) is 0. The smallest absolute Gasteiger partial charge is 0.135 e. The monoisotopic (exact) mass is 240 g/mol. The maximum Gasteiger partial charge on any atom is 0.135 e. The van der Waals surface area contributed by atoms with Crippen molar-refractivity contribution in [2.45, 2.75) is 13.0 Å². The van der Waals surface area contributed by atoms with Crippen molar-refractivity contribution in [1.29, 1.82) is 0 Å². The first-order valence-corrected chi connectivity index (χ1v) is 4.82. The first-order valence-electron chi connectivity index (χ1n) is 4.03. The van der Waals surface area contributed by atoms with Gasteiger partial charge in [0.15, 0.2) is 0 Å². The van der Waals surface area contributed by atoms with E-state index in [-0.39, 0.29) is 0 Å². The number of halogens is 1. The lowest BCUT2D eigenvalue weighted by molar-refractivity contribution is 0.199. The molecule has 3 heteroatoms. The zero-order chi connectivity index (χ0) is 9.42. The van der Waals surface area contributed by atoms with Crippen molar-refractivity contribution in [2.75, 3.05) is 0 Å². The summed E-state index contributed by atoms with van der Waals surface area (Å²) in [4.78, 5) is 0. The van der Waals surface area contributed by atoms with E-state index >= 15 is 0 Å². The molecule has 0 radical (unpaired) electrons. The lowest BCUT2D eigenvalue weighted by Gasteiger charge is -1.99. The van der Waals surface area contributed by atoms with Gasteiger partial charge in [-0.3, -0.25) is 0 Å². The van der Waals surface area contributed by atoms with Gasteiger partial charge in [-0.2, -0.15) is 0 Å². The molecule has 0 bridgehead atoms. The van der Waals surface area contributed by atoms with Crippen molar-refractivity contribution >= 4 is 26.9 Å². The Kier molecular flexibility index (Phi) is 2.14. The SMILES string of the molecule is CC(O)c1coc2cc(Br)ccc12. The van der Waals surface area contributed by atoms with E-state index in [2.05, 4.69) is 15.9 Å². The van der Waals surface area contributed by atoms with Crippen LogP contribution in [0.1, 0.15) is 18.6 Å². The standard InChI is InChI=1S/C10H9BrO2/c1-6(12)9-5-13-10-4-7(11)2-3-8(9)10/h2-6,12H,1H3. The van der Waals surface area contributed by atoms with Gasteiger partial charge in [0.05, 0.1) is 12.4 Å². The fourth-order valence-electron chi connectivity index (χ4n) is 1.35. The fraction of sp³-hybridized carbons (Fsp3) is 0.200. The fourth-order valence-corrected chi connectivity index (χ4v) is 1.69. The molecule has 13 heavy (non-hydrogen) atoms. The van der Waals surface area contributed by atoms with E-state index in [9.17, 15) is 5.11 Å². The second-order valence-corrected chi connectivity index (χ2v) is 3.92. The summed E-state index contributed by atoms with van der Waals surface area (Å²) in [7, 11) is 0. The van der Waals surface area contributed by atoms with Crippen LogP contribution in [0.3, 0.4) is 0 Å². The number of benzene rings is 1. The van der Waals surface area contributed by atoms with E-state index in [0.29, 0.717) is 0 Å². The zero-order valence-electron chi connectivity index (χ0n) is 7.12. The molecular weight excluding hydrogens is 232 g/mol. The van der Waals surface area contributed by atoms with Crippen molar-refractivity contribution in [1.82, 2.24) is 0 Å². The molecule has 1 N–H and O–H groups in total. The van der Waals surface area contributed by atoms with Gasteiger partial charge in [0, 0.05) is 15.4 Å². The van der Waals surface area contributed by atoms with Gasteiger partial charge in [-0.15, -0.1) is 0 Å². The van der Waals surface area contributed by atoms with Crippen LogP contribution in [0.5, 0.6) is 0 Å². The Morgan fingerprint density at radius 1 is 1.46 bits per heavy atom. The quantitative estimate of drug-likeness (QED) is 0.831. The lowest BCUT2D eigenvalue weighted by atomic mass is 10.1. The normalized spacial score (nSPS) is 13.5. The van der Waals surface area contributed by atoms with Crippen LogP contribution in [-0.2, 0) is 0 Å². The molecular formula is C10H9BrO2. The Morgan fingerprint density at radius 3 is 2.92 bits per heavy atom. The van der Waals surface area contributed by atoms with E-state index < -0.39 is 6.10 Å². The largest absolute Gasteiger partial charge is 0.464 e. The van der Waals surface area contributed by atoms with E-state index in [4.69, 9.17) is 4.42 Å². The predicted octanol–water partition coefficient (Wildman–Crippen LogP) is 3.25. The summed E-state index contributed by atoms with van der Waals surface area (Å²) >= 11 is 3.36. The predicted molar refractivity (Wildman–Crippen MR) is 54.5 cm³/mol. The Hall–Kier alpha value is -0.800. The maximum absolute atomic E-state index is 9.41. The van der Waals surface area contributed by atoms with Gasteiger partial charge in [0.1, 0.15) is 5.58 Å². The lowest BCUT2D eigenvalue weighted by Crippen LogP contribution is -1.87. The number of furan rings is 1. The second kappa shape index (κ2) is 3.16. The molecule has 1 heterocycles. The topological polar surface area (TPSA) is 33.4 Å². The third-order valence-electron chi connectivity index (χ3n) is 2.02. The molecule has 0 spiro atoms. The highest BCUT2D eigenvalue weighted by molar-refractivity contribution is 9.10. The molecule has 0 saturated heterocycles. The molecule has 2 aromatic rings. The van der Waals surface area contributed by atoms with Gasteiger partial charge in [-0.05, 0) is 25.1 Å². The van der Waals surface area contributed by atoms with E-state index in [1.807, 2.05) is 18.2 Å². The van der Waals surface area contributed by atoms with Crippen molar-refractivity contribution in [3.8, 4) is 0 Å². The Morgan fingerprint density at radius 2 is 2.23 bits per heavy atom. The highest BCUT2D eigenvalue weighted by Gasteiger charge is 2.09. The van der Waals surface area contributed by atoms with Crippen molar-refractivity contribution in [3.63, 3.8) is 0 Å². The molecule has 0 aliphatic heterocycles. The van der Waals surface area contributed by atoms with E-state index in [1.165, 1.54) is 0 Å². The summed E-state index contributed by atoms with van der Waals surface area (Å²) in [6.45, 7) is 1.73. The molecule has 1 aromatic heterocycles. The summed E-state index contributed by atoms with van der Waals surface area (Å²) in [6.07, 6.45) is 1.12. The van der Waals surface area contributed by atoms with Crippen LogP contribution in [-0.4, -0.2) is 5.11 Å². The molecule has 0 saturated carbocycles. The van der Waals surface area contributed by atoms with Gasteiger partial charge in [-0.25, -0.2) is 0 Å². The summed E-state index contributed by atoms with van der Waals surface area (Å²) < 4.78 is 6.28. The summed E-state index contributed by atoms with van der Waals surface area (Å²) in [5.41, 5.74) is 1.63. The van der Waals surface area contributed by atoms with Crippen LogP contribution in [0, 0.1) is 0 Å². The van der Waals surface area contributed by atoms with Crippen molar-refractivity contribution < 1.29 is 9.52 Å². The molecule has 0 aliphatic rings. The number of hydrogen-bond acceptors (Lipinski definition) is 2. The Balaban J connectivity index is 2.69. The van der Waals surface area contributed by atoms with Crippen LogP contribution in [0.15, 0.2) is 33.4 Å². The molecule has 1 unspecified atom stereocenters. The minimum atomic E-state index is -0.484. The van der Waals surface area contributed by atoms with Crippen molar-refractivity contribution in [3.05, 3.63) is 34.5 Å². The molecule has 0 amide bonds. The van der Waals surface area contributed by atoms with Gasteiger partial charge in [0.2, 0.25) is 0 Å². The summed E-state index contributed by atoms with van der Waals surface area (Å²) in [5, 5.41) is 10.4. The third kappa shape index (κ3) is 1.49. The Labute approximate surface area is 84.3 Å². The van der Waals surface area contributed by atoms with Crippen molar-refractivity contribution in [2.24, 2.45) is 0 Å². The molecule has 1 aromatic carbocycles. The highest BCUT2D eigenvalue weighted by atomic mass is 79.9. The number of fused-ring (bicyclic) bond motifs is 1. The van der Waals surface area contributed by atoms with Gasteiger partial charge < -0.3 is 9.52 Å². The zero-order valence-corrected chi connectivity index (χ0v) is 8.71. The minimum Gasteiger partial charge on any atom is -0.464 e. The number of aliphatic hydroxyl groups excluding tert-OH is 1. The van der Waals surface area contributed by atoms with E-state index in [0.717, 1.165) is 21.0 Å². The highest BCUT2D eigenvalue weighted by Crippen LogP contribution is 2.28. The average molecular weight is 241 g/mol. The summed E-state index contributed by atoms with van der Waals surface area (Å²) in [6, 6.07) is 5.76. The van der Waals surface area contributed by atoms with Crippen LogP contribution in [0.25, 0.3) is 11.0 Å². The van der Waals surface area contributed by atoms with Gasteiger partial charge in [0.25, 0.3) is 0 Å². The first kappa shape index (κ1) is 8.78.